The summed E-state index contributed by atoms with van der Waals surface area (Å²) in [5, 5.41) is 0. The zero-order valence-electron chi connectivity index (χ0n) is 5.71. The van der Waals surface area contributed by atoms with Gasteiger partial charge in [-0.15, -0.1) is 0 Å². The van der Waals surface area contributed by atoms with E-state index in [9.17, 15) is 26.7 Å². The van der Waals surface area contributed by atoms with Crippen LogP contribution in [-0.4, -0.2) is 19.3 Å². The van der Waals surface area contributed by atoms with E-state index in [4.69, 9.17) is 0 Å². The molecule has 0 spiro atoms. The highest BCUT2D eigenvalue weighted by Gasteiger charge is 2.43. The van der Waals surface area contributed by atoms with Gasteiger partial charge in [0.25, 0.3) is 6.08 Å². The van der Waals surface area contributed by atoms with Crippen LogP contribution in [-0.2, 0) is 9.53 Å². The number of hydrogen-bond acceptors (Lipinski definition) is 2. The Bertz CT molecular complexity index is 212. The molecular weight excluding hydrogens is 187 g/mol. The van der Waals surface area contributed by atoms with E-state index in [2.05, 4.69) is 4.74 Å². The molecule has 12 heavy (non-hydrogen) atoms. The summed E-state index contributed by atoms with van der Waals surface area (Å²) < 4.78 is 61.2. The minimum Gasteiger partial charge on any atom is -0.465 e. The first-order valence-corrected chi connectivity index (χ1v) is 2.51. The molecule has 0 atom stereocenters. The van der Waals surface area contributed by atoms with Crippen molar-refractivity contribution in [1.29, 1.82) is 0 Å². The van der Waals surface area contributed by atoms with Crippen LogP contribution in [0.5, 0.6) is 0 Å². The van der Waals surface area contributed by atoms with Crippen molar-refractivity contribution in [3.05, 3.63) is 11.7 Å². The van der Waals surface area contributed by atoms with Gasteiger partial charge in [-0.05, 0) is 0 Å². The van der Waals surface area contributed by atoms with E-state index >= 15 is 0 Å². The first-order chi connectivity index (χ1) is 5.30. The molecular formula is C5H3F5O2. The number of rotatable bonds is 1. The van der Waals surface area contributed by atoms with Gasteiger partial charge in [-0.25, -0.2) is 4.79 Å². The molecule has 0 rings (SSSR count). The quantitative estimate of drug-likeness (QED) is 0.358. The summed E-state index contributed by atoms with van der Waals surface area (Å²) in [6.07, 6.45) is -8.49. The summed E-state index contributed by atoms with van der Waals surface area (Å²) in [6, 6.07) is 0. The first-order valence-electron chi connectivity index (χ1n) is 2.51. The van der Waals surface area contributed by atoms with Crippen LogP contribution in [0.25, 0.3) is 0 Å². The molecule has 0 saturated carbocycles. The molecule has 0 heterocycles. The van der Waals surface area contributed by atoms with E-state index in [0.717, 1.165) is 0 Å². The molecule has 0 fully saturated rings. The molecule has 0 bridgehead atoms. The summed E-state index contributed by atoms with van der Waals surface area (Å²) in [5.41, 5.74) is -2.56. The number of ether oxygens (including phenoxy) is 1. The van der Waals surface area contributed by atoms with E-state index in [0.29, 0.717) is 7.11 Å². The second kappa shape index (κ2) is 3.51. The molecule has 0 aromatic carbocycles. The van der Waals surface area contributed by atoms with E-state index in [-0.39, 0.29) is 0 Å². The summed E-state index contributed by atoms with van der Waals surface area (Å²) in [4.78, 5) is 10.1. The van der Waals surface area contributed by atoms with Gasteiger partial charge in [0.2, 0.25) is 5.57 Å². The molecule has 0 unspecified atom stereocenters. The zero-order chi connectivity index (χ0) is 9.94. The molecule has 0 aliphatic heterocycles. The highest BCUT2D eigenvalue weighted by atomic mass is 19.4. The number of esters is 1. The third-order valence-electron chi connectivity index (χ3n) is 0.862. The van der Waals surface area contributed by atoms with Crippen LogP contribution in [0.15, 0.2) is 11.7 Å². The molecule has 0 amide bonds. The Morgan fingerprint density at radius 2 is 1.67 bits per heavy atom. The second-order valence-corrected chi connectivity index (χ2v) is 1.62. The van der Waals surface area contributed by atoms with Gasteiger partial charge in [0.1, 0.15) is 0 Å². The first kappa shape index (κ1) is 10.9. The fraction of sp³-hybridized carbons (Fsp3) is 0.400. The van der Waals surface area contributed by atoms with Gasteiger partial charge in [-0.2, -0.15) is 22.0 Å². The third kappa shape index (κ3) is 2.48. The molecule has 0 saturated heterocycles. The maximum atomic E-state index is 11.6. The van der Waals surface area contributed by atoms with E-state index < -0.39 is 23.8 Å². The predicted octanol–water partition coefficient (Wildman–Crippen LogP) is 1.87. The van der Waals surface area contributed by atoms with Gasteiger partial charge in [0, 0.05) is 0 Å². The fourth-order valence-corrected chi connectivity index (χ4v) is 0.402. The number of halogens is 5. The molecule has 70 valence electrons. The molecule has 0 N–H and O–H groups in total. The van der Waals surface area contributed by atoms with Crippen molar-refractivity contribution in [2.75, 3.05) is 7.11 Å². The fourth-order valence-electron chi connectivity index (χ4n) is 0.402. The number of alkyl halides is 3. The molecule has 0 radical (unpaired) electrons. The van der Waals surface area contributed by atoms with Crippen LogP contribution in [0.2, 0.25) is 0 Å². The van der Waals surface area contributed by atoms with E-state index in [1.54, 1.807) is 0 Å². The molecule has 7 heteroatoms. The maximum Gasteiger partial charge on any atom is 0.428 e. The molecule has 0 aliphatic carbocycles. The number of carbonyl (C=O) groups is 1. The lowest BCUT2D eigenvalue weighted by Gasteiger charge is -2.06. The highest BCUT2D eigenvalue weighted by molar-refractivity contribution is 5.89. The van der Waals surface area contributed by atoms with Gasteiger partial charge in [0.05, 0.1) is 7.11 Å². The number of carbonyl (C=O) groups excluding carboxylic acids is 1. The minimum absolute atomic E-state index is 0.580. The SMILES string of the molecule is COC(=O)C(=C(F)F)C(F)(F)F. The summed E-state index contributed by atoms with van der Waals surface area (Å²) >= 11 is 0. The predicted molar refractivity (Wildman–Crippen MR) is 27.3 cm³/mol. The summed E-state index contributed by atoms with van der Waals surface area (Å²) in [7, 11) is 0.580. The lowest BCUT2D eigenvalue weighted by Crippen LogP contribution is -2.22. The topological polar surface area (TPSA) is 26.3 Å². The van der Waals surface area contributed by atoms with Gasteiger partial charge in [-0.3, -0.25) is 0 Å². The molecule has 0 aliphatic rings. The van der Waals surface area contributed by atoms with Crippen molar-refractivity contribution in [3.63, 3.8) is 0 Å². The minimum atomic E-state index is -5.38. The highest BCUT2D eigenvalue weighted by Crippen LogP contribution is 2.30. The third-order valence-corrected chi connectivity index (χ3v) is 0.862. The smallest absolute Gasteiger partial charge is 0.428 e. The summed E-state index contributed by atoms with van der Waals surface area (Å²) in [5.74, 6) is -2.09. The monoisotopic (exact) mass is 190 g/mol. The second-order valence-electron chi connectivity index (χ2n) is 1.62. The van der Waals surface area contributed by atoms with Crippen molar-refractivity contribution in [1.82, 2.24) is 0 Å². The van der Waals surface area contributed by atoms with Crippen LogP contribution in [0.1, 0.15) is 0 Å². The molecule has 0 aromatic rings. The van der Waals surface area contributed by atoms with E-state index in [1.165, 1.54) is 0 Å². The molecule has 2 nitrogen and oxygen atoms in total. The maximum absolute atomic E-state index is 11.6. The summed E-state index contributed by atoms with van der Waals surface area (Å²) in [6.45, 7) is 0. The van der Waals surface area contributed by atoms with Crippen LogP contribution in [0.3, 0.4) is 0 Å². The Balaban J connectivity index is 4.97. The van der Waals surface area contributed by atoms with Gasteiger partial charge in [0.15, 0.2) is 0 Å². The van der Waals surface area contributed by atoms with Crippen molar-refractivity contribution in [2.45, 2.75) is 6.18 Å². The zero-order valence-corrected chi connectivity index (χ0v) is 5.71. The molecule has 0 aromatic heterocycles. The Morgan fingerprint density at radius 1 is 1.25 bits per heavy atom. The van der Waals surface area contributed by atoms with Crippen molar-refractivity contribution >= 4 is 5.97 Å². The Morgan fingerprint density at radius 3 is 1.75 bits per heavy atom. The Labute approximate surface area is 63.6 Å². The number of hydrogen-bond donors (Lipinski definition) is 0. The largest absolute Gasteiger partial charge is 0.465 e. The lowest BCUT2D eigenvalue weighted by molar-refractivity contribution is -0.149. The van der Waals surface area contributed by atoms with Crippen LogP contribution in [0.4, 0.5) is 22.0 Å². The van der Waals surface area contributed by atoms with Crippen LogP contribution < -0.4 is 0 Å². The average Bonchev–Trinajstić information content (AvgIpc) is 1.83. The van der Waals surface area contributed by atoms with E-state index in [1.807, 2.05) is 0 Å². The lowest BCUT2D eigenvalue weighted by atomic mass is 10.3. The van der Waals surface area contributed by atoms with Gasteiger partial charge < -0.3 is 4.74 Å². The average molecular weight is 190 g/mol. The van der Waals surface area contributed by atoms with Gasteiger partial charge >= 0.3 is 12.1 Å². The van der Waals surface area contributed by atoms with Crippen LogP contribution >= 0.6 is 0 Å². The Kier molecular flexibility index (Phi) is 3.17. The Hall–Kier alpha value is -1.14. The van der Waals surface area contributed by atoms with Crippen molar-refractivity contribution in [2.24, 2.45) is 0 Å². The number of methoxy groups -OCH3 is 1. The normalized spacial score (nSPS) is 10.8. The van der Waals surface area contributed by atoms with Crippen molar-refractivity contribution < 1.29 is 31.5 Å². The standard InChI is InChI=1S/C5H3F5O2/c1-12-4(11)2(3(6)7)5(8,9)10/h1H3. The van der Waals surface area contributed by atoms with Crippen LogP contribution in [0, 0.1) is 0 Å². The van der Waals surface area contributed by atoms with Gasteiger partial charge in [-0.1, -0.05) is 0 Å². The van der Waals surface area contributed by atoms with Crippen molar-refractivity contribution in [3.8, 4) is 0 Å².